The Morgan fingerprint density at radius 3 is 2.54 bits per heavy atom. The number of hydrogen-bond donors (Lipinski definition) is 0. The van der Waals surface area contributed by atoms with E-state index in [1.807, 2.05) is 36.9 Å². The number of amides is 1. The van der Waals surface area contributed by atoms with Crippen molar-refractivity contribution >= 4 is 57.5 Å². The number of benzene rings is 2. The van der Waals surface area contributed by atoms with Crippen molar-refractivity contribution in [3.63, 3.8) is 0 Å². The second-order valence-corrected chi connectivity index (χ2v) is 8.27. The van der Waals surface area contributed by atoms with Crippen LogP contribution in [0.3, 0.4) is 0 Å². The first kappa shape index (κ1) is 19.6. The van der Waals surface area contributed by atoms with E-state index in [1.54, 1.807) is 23.9 Å². The third-order valence-corrected chi connectivity index (χ3v) is 6.14. The number of halogens is 2. The highest BCUT2D eigenvalue weighted by molar-refractivity contribution is 14.1. The quantitative estimate of drug-likeness (QED) is 0.487. The molecule has 1 heterocycles. The summed E-state index contributed by atoms with van der Waals surface area (Å²) in [5.41, 5.74) is 1.86. The normalized spacial score (nSPS) is 16.8. The van der Waals surface area contributed by atoms with Crippen LogP contribution in [0.25, 0.3) is 0 Å². The maximum atomic E-state index is 12.5. The molecule has 138 valence electrons. The summed E-state index contributed by atoms with van der Waals surface area (Å²) in [5, 5.41) is 0.547. The summed E-state index contributed by atoms with van der Waals surface area (Å²) in [4.78, 5) is 14.3. The molecule has 4 nitrogen and oxygen atoms in total. The molecular formula is C19H19ClINO3S. The monoisotopic (exact) mass is 503 g/mol. The lowest BCUT2D eigenvalue weighted by atomic mass is 10.1. The lowest BCUT2D eigenvalue weighted by Crippen LogP contribution is -2.27. The molecule has 3 rings (SSSR count). The Bertz CT molecular complexity index is 800. The molecule has 1 aliphatic heterocycles. The number of anilines is 1. The molecule has 1 atom stereocenters. The first-order valence-corrected chi connectivity index (χ1v) is 10.8. The van der Waals surface area contributed by atoms with E-state index in [0.717, 1.165) is 20.6 Å². The van der Waals surface area contributed by atoms with Crippen molar-refractivity contribution in [2.45, 2.75) is 19.2 Å². The zero-order chi connectivity index (χ0) is 18.7. The van der Waals surface area contributed by atoms with Gasteiger partial charge >= 0.3 is 0 Å². The van der Waals surface area contributed by atoms with Gasteiger partial charge in [-0.3, -0.25) is 9.69 Å². The Hall–Kier alpha value is -1.12. The van der Waals surface area contributed by atoms with Gasteiger partial charge in [0.15, 0.2) is 11.5 Å². The van der Waals surface area contributed by atoms with Gasteiger partial charge in [0.2, 0.25) is 5.91 Å². The third kappa shape index (κ3) is 4.07. The Morgan fingerprint density at radius 2 is 1.88 bits per heavy atom. The van der Waals surface area contributed by atoms with Gasteiger partial charge in [-0.25, -0.2) is 0 Å². The molecule has 0 spiro atoms. The van der Waals surface area contributed by atoms with Crippen molar-refractivity contribution in [3.05, 3.63) is 50.6 Å². The Balaban J connectivity index is 2.01. The predicted molar refractivity (Wildman–Crippen MR) is 116 cm³/mol. The number of carbonyl (C=O) groups excluding carboxylic acids is 1. The van der Waals surface area contributed by atoms with Crippen molar-refractivity contribution in [2.75, 3.05) is 23.9 Å². The lowest BCUT2D eigenvalue weighted by Gasteiger charge is -2.25. The number of rotatable bonds is 6. The number of thioether (sulfide) groups is 1. The molecule has 1 aliphatic rings. The van der Waals surface area contributed by atoms with E-state index < -0.39 is 0 Å². The van der Waals surface area contributed by atoms with Crippen LogP contribution >= 0.6 is 46.0 Å². The molecule has 0 unspecified atom stereocenters. The van der Waals surface area contributed by atoms with Crippen LogP contribution in [0.5, 0.6) is 11.5 Å². The molecule has 0 bridgehead atoms. The summed E-state index contributed by atoms with van der Waals surface area (Å²) < 4.78 is 12.5. The van der Waals surface area contributed by atoms with Crippen LogP contribution < -0.4 is 14.4 Å². The fourth-order valence-electron chi connectivity index (χ4n) is 2.83. The fraction of sp³-hybridized carbons (Fsp3) is 0.316. The summed E-state index contributed by atoms with van der Waals surface area (Å²) >= 11 is 9.86. The van der Waals surface area contributed by atoms with Crippen molar-refractivity contribution in [1.82, 2.24) is 0 Å². The van der Waals surface area contributed by atoms with Crippen LogP contribution in [0.15, 0.2) is 36.4 Å². The van der Waals surface area contributed by atoms with Gasteiger partial charge in [-0.1, -0.05) is 11.6 Å². The third-order valence-electron chi connectivity index (χ3n) is 3.88. The standard InChI is InChI=1S/C19H19ClINO3S/c1-3-24-16-10-12(9-15(21)18(16)25-4-2)19-22(17(23)11-26-19)14-7-5-13(20)6-8-14/h5-10,19H,3-4,11H2,1-2H3/t19-/m0/s1. The van der Waals surface area contributed by atoms with E-state index in [1.165, 1.54) is 0 Å². The molecule has 1 fully saturated rings. The van der Waals surface area contributed by atoms with Crippen molar-refractivity contribution in [2.24, 2.45) is 0 Å². The van der Waals surface area contributed by atoms with E-state index in [2.05, 4.69) is 28.7 Å². The molecule has 0 aromatic heterocycles. The van der Waals surface area contributed by atoms with Crippen LogP contribution in [-0.2, 0) is 4.79 Å². The van der Waals surface area contributed by atoms with E-state index in [0.29, 0.717) is 29.7 Å². The zero-order valence-electron chi connectivity index (χ0n) is 14.5. The Kier molecular flexibility index (Phi) is 6.58. The van der Waals surface area contributed by atoms with Crippen LogP contribution in [0.2, 0.25) is 5.02 Å². The highest BCUT2D eigenvalue weighted by Gasteiger charge is 2.35. The van der Waals surface area contributed by atoms with Gasteiger partial charge in [0.25, 0.3) is 0 Å². The minimum atomic E-state index is -0.105. The average Bonchev–Trinajstić information content (AvgIpc) is 3.00. The van der Waals surface area contributed by atoms with Crippen LogP contribution in [0.1, 0.15) is 24.8 Å². The average molecular weight is 504 g/mol. The molecule has 26 heavy (non-hydrogen) atoms. The van der Waals surface area contributed by atoms with Crippen molar-refractivity contribution in [1.29, 1.82) is 0 Å². The highest BCUT2D eigenvalue weighted by atomic mass is 127. The van der Waals surface area contributed by atoms with Gasteiger partial charge in [-0.05, 0) is 78.4 Å². The molecule has 0 N–H and O–H groups in total. The molecule has 2 aromatic carbocycles. The predicted octanol–water partition coefficient (Wildman–Crippen LogP) is 5.52. The maximum absolute atomic E-state index is 12.5. The molecule has 7 heteroatoms. The Labute approximate surface area is 176 Å². The Morgan fingerprint density at radius 1 is 1.19 bits per heavy atom. The van der Waals surface area contributed by atoms with Gasteiger partial charge in [-0.2, -0.15) is 0 Å². The smallest absolute Gasteiger partial charge is 0.238 e. The van der Waals surface area contributed by atoms with E-state index in [-0.39, 0.29) is 11.3 Å². The first-order valence-electron chi connectivity index (χ1n) is 8.33. The minimum absolute atomic E-state index is 0.0872. The largest absolute Gasteiger partial charge is 0.490 e. The van der Waals surface area contributed by atoms with Gasteiger partial charge in [0.1, 0.15) is 5.37 Å². The first-order chi connectivity index (χ1) is 12.5. The molecule has 0 aliphatic carbocycles. The second-order valence-electron chi connectivity index (χ2n) is 5.60. The van der Waals surface area contributed by atoms with Gasteiger partial charge in [0, 0.05) is 10.7 Å². The maximum Gasteiger partial charge on any atom is 0.238 e. The van der Waals surface area contributed by atoms with Crippen LogP contribution in [0, 0.1) is 3.57 Å². The summed E-state index contributed by atoms with van der Waals surface area (Å²) in [6.45, 7) is 5.02. The zero-order valence-corrected chi connectivity index (χ0v) is 18.2. The number of hydrogen-bond acceptors (Lipinski definition) is 4. The van der Waals surface area contributed by atoms with Gasteiger partial charge < -0.3 is 9.47 Å². The van der Waals surface area contributed by atoms with Gasteiger partial charge in [-0.15, -0.1) is 11.8 Å². The summed E-state index contributed by atoms with van der Waals surface area (Å²) in [6, 6.07) is 11.4. The molecule has 1 amide bonds. The van der Waals surface area contributed by atoms with E-state index in [4.69, 9.17) is 21.1 Å². The fourth-order valence-corrected chi connectivity index (χ4v) is 4.89. The molecule has 0 radical (unpaired) electrons. The molecule has 0 saturated carbocycles. The van der Waals surface area contributed by atoms with Crippen LogP contribution in [-0.4, -0.2) is 24.9 Å². The summed E-state index contributed by atoms with van der Waals surface area (Å²) in [7, 11) is 0. The van der Waals surface area contributed by atoms with Crippen molar-refractivity contribution in [3.8, 4) is 11.5 Å². The number of carbonyl (C=O) groups is 1. The summed E-state index contributed by atoms with van der Waals surface area (Å²) in [6.07, 6.45) is 0. The molecule has 2 aromatic rings. The van der Waals surface area contributed by atoms with Crippen LogP contribution in [0.4, 0.5) is 5.69 Å². The molecule has 1 saturated heterocycles. The number of nitrogens with zero attached hydrogens (tertiary/aromatic N) is 1. The summed E-state index contributed by atoms with van der Waals surface area (Å²) in [5.74, 6) is 2.00. The second kappa shape index (κ2) is 8.71. The molecular weight excluding hydrogens is 485 g/mol. The van der Waals surface area contributed by atoms with Gasteiger partial charge in [0.05, 0.1) is 22.5 Å². The SMILES string of the molecule is CCOc1cc([C@@H]2SCC(=O)N2c2ccc(Cl)cc2)cc(I)c1OCC. The minimum Gasteiger partial charge on any atom is -0.490 e. The lowest BCUT2D eigenvalue weighted by molar-refractivity contribution is -0.115. The highest BCUT2D eigenvalue weighted by Crippen LogP contribution is 2.45. The topological polar surface area (TPSA) is 38.8 Å². The number of ether oxygens (including phenoxy) is 2. The van der Waals surface area contributed by atoms with E-state index >= 15 is 0 Å². The van der Waals surface area contributed by atoms with E-state index in [9.17, 15) is 4.79 Å². The van der Waals surface area contributed by atoms with Crippen molar-refractivity contribution < 1.29 is 14.3 Å².